The second kappa shape index (κ2) is 4.98. The Balaban J connectivity index is 0.000000218. The molecule has 11 heavy (non-hydrogen) atoms. The van der Waals surface area contributed by atoms with Crippen LogP contribution in [0, 0.1) is 0 Å². The lowest BCUT2D eigenvalue weighted by atomic mass is 10.7. The Hall–Kier alpha value is -1.85. The number of nitrogens with two attached hydrogens (primary N) is 2. The van der Waals surface area contributed by atoms with Gasteiger partial charge in [-0.15, -0.1) is 0 Å². The lowest BCUT2D eigenvalue weighted by Gasteiger charge is -1.82. The molecule has 1 heterocycles. The van der Waals surface area contributed by atoms with Gasteiger partial charge < -0.3 is 16.6 Å². The molecule has 0 aliphatic carbocycles. The van der Waals surface area contributed by atoms with Crippen LogP contribution in [0.5, 0.6) is 0 Å². The van der Waals surface area contributed by atoms with E-state index in [0.29, 0.717) is 5.95 Å². The Morgan fingerprint density at radius 3 is 2.00 bits per heavy atom. The Morgan fingerprint density at radius 1 is 1.45 bits per heavy atom. The highest BCUT2D eigenvalue weighted by molar-refractivity contribution is 5.61. The van der Waals surface area contributed by atoms with Crippen LogP contribution in [0.25, 0.3) is 0 Å². The van der Waals surface area contributed by atoms with Crippen LogP contribution in [0.15, 0.2) is 18.5 Å². The molecule has 0 aliphatic heterocycles. The van der Waals surface area contributed by atoms with Gasteiger partial charge in [-0.25, -0.2) is 14.8 Å². The molecule has 6 nitrogen and oxygen atoms in total. The van der Waals surface area contributed by atoms with Crippen molar-refractivity contribution in [3.63, 3.8) is 0 Å². The van der Waals surface area contributed by atoms with Crippen LogP contribution in [0.2, 0.25) is 0 Å². The summed E-state index contributed by atoms with van der Waals surface area (Å²) in [6, 6.07) is 1.72. The molecule has 0 aliphatic rings. The average molecular weight is 156 g/mol. The van der Waals surface area contributed by atoms with E-state index >= 15 is 0 Å². The summed E-state index contributed by atoms with van der Waals surface area (Å²) < 4.78 is 0. The molecule has 0 atom stereocenters. The molecule has 1 amide bonds. The summed E-state index contributed by atoms with van der Waals surface area (Å²) in [5.74, 6) is 0.322. The molecule has 0 saturated heterocycles. The third kappa shape index (κ3) is 8.15. The second-order valence-electron chi connectivity index (χ2n) is 1.45. The number of nitrogens with zero attached hydrogens (tertiary/aromatic N) is 2. The fourth-order valence-electron chi connectivity index (χ4n) is 0.311. The van der Waals surface area contributed by atoms with Crippen LogP contribution in [0.4, 0.5) is 10.7 Å². The van der Waals surface area contributed by atoms with Gasteiger partial charge >= 0.3 is 6.09 Å². The smallest absolute Gasteiger partial charge is 0.402 e. The molecule has 1 aromatic rings. The van der Waals surface area contributed by atoms with Crippen molar-refractivity contribution in [1.29, 1.82) is 0 Å². The Morgan fingerprint density at radius 2 is 1.82 bits per heavy atom. The third-order valence-electron chi connectivity index (χ3n) is 0.586. The first-order valence-corrected chi connectivity index (χ1v) is 2.64. The predicted molar refractivity (Wildman–Crippen MR) is 38.7 cm³/mol. The Labute approximate surface area is 62.9 Å². The van der Waals surface area contributed by atoms with Crippen molar-refractivity contribution in [2.45, 2.75) is 0 Å². The molecule has 0 bridgehead atoms. The maximum absolute atomic E-state index is 8.78. The van der Waals surface area contributed by atoms with Crippen LogP contribution < -0.4 is 11.5 Å². The number of primary amides is 1. The quantitative estimate of drug-likeness (QED) is 0.476. The highest BCUT2D eigenvalue weighted by atomic mass is 16.4. The maximum Gasteiger partial charge on any atom is 0.402 e. The van der Waals surface area contributed by atoms with E-state index in [9.17, 15) is 0 Å². The van der Waals surface area contributed by atoms with Gasteiger partial charge in [0.05, 0.1) is 0 Å². The number of hydrogen-bond donors (Lipinski definition) is 3. The third-order valence-corrected chi connectivity index (χ3v) is 0.586. The first kappa shape index (κ1) is 9.15. The van der Waals surface area contributed by atoms with Crippen LogP contribution >= 0.6 is 0 Å². The minimum absolute atomic E-state index is 0.322. The SMILES string of the molecule is NC(=O)O.Nc1ncccn1. The Kier molecular flexibility index (Phi) is 4.14. The van der Waals surface area contributed by atoms with E-state index in [-0.39, 0.29) is 0 Å². The largest absolute Gasteiger partial charge is 0.465 e. The maximum atomic E-state index is 8.78. The summed E-state index contributed by atoms with van der Waals surface area (Å²) in [4.78, 5) is 16.1. The number of carbonyl (C=O) groups is 1. The summed E-state index contributed by atoms with van der Waals surface area (Å²) in [7, 11) is 0. The zero-order valence-corrected chi connectivity index (χ0v) is 5.64. The van der Waals surface area contributed by atoms with E-state index in [2.05, 4.69) is 15.7 Å². The minimum Gasteiger partial charge on any atom is -0.465 e. The lowest BCUT2D eigenvalue weighted by molar-refractivity contribution is 0.205. The molecule has 6 heteroatoms. The van der Waals surface area contributed by atoms with Gasteiger partial charge in [-0.05, 0) is 6.07 Å². The van der Waals surface area contributed by atoms with Gasteiger partial charge in [-0.2, -0.15) is 0 Å². The summed E-state index contributed by atoms with van der Waals surface area (Å²) in [5.41, 5.74) is 9.16. The number of nitrogen functional groups attached to an aromatic ring is 1. The second-order valence-corrected chi connectivity index (χ2v) is 1.45. The summed E-state index contributed by atoms with van der Waals surface area (Å²) in [6.07, 6.45) is 1.87. The predicted octanol–water partition coefficient (Wildman–Crippen LogP) is -0.318. The van der Waals surface area contributed by atoms with Crippen LogP contribution in [0.1, 0.15) is 0 Å². The molecule has 5 N–H and O–H groups in total. The summed E-state index contributed by atoms with van der Waals surface area (Å²) in [5, 5.41) is 7.19. The van der Waals surface area contributed by atoms with Crippen molar-refractivity contribution in [3.8, 4) is 0 Å². The topological polar surface area (TPSA) is 115 Å². The van der Waals surface area contributed by atoms with Gasteiger partial charge in [0.1, 0.15) is 0 Å². The van der Waals surface area contributed by atoms with Gasteiger partial charge in [0.25, 0.3) is 0 Å². The average Bonchev–Trinajstić information content (AvgIpc) is 1.87. The molecule has 0 spiro atoms. The number of aromatic nitrogens is 2. The molecule has 0 unspecified atom stereocenters. The Bertz CT molecular complexity index is 209. The standard InChI is InChI=1S/C4H5N3.CH3NO2/c5-4-6-2-1-3-7-4;2-1(3)4/h1-3H,(H2,5,6,7);2H2,(H,3,4). The van der Waals surface area contributed by atoms with Gasteiger partial charge in [-0.3, -0.25) is 0 Å². The molecule has 0 radical (unpaired) electrons. The van der Waals surface area contributed by atoms with Crippen molar-refractivity contribution in [2.24, 2.45) is 5.73 Å². The van der Waals surface area contributed by atoms with Crippen LogP contribution in [-0.4, -0.2) is 21.2 Å². The van der Waals surface area contributed by atoms with E-state index in [1.807, 2.05) is 0 Å². The van der Waals surface area contributed by atoms with Gasteiger partial charge in [0.15, 0.2) is 0 Å². The van der Waals surface area contributed by atoms with Crippen molar-refractivity contribution in [3.05, 3.63) is 18.5 Å². The highest BCUT2D eigenvalue weighted by Crippen LogP contribution is 1.81. The molecule has 60 valence electrons. The minimum atomic E-state index is -1.33. The van der Waals surface area contributed by atoms with Gasteiger partial charge in [0.2, 0.25) is 5.95 Å². The van der Waals surface area contributed by atoms with Crippen molar-refractivity contribution in [2.75, 3.05) is 5.73 Å². The van der Waals surface area contributed by atoms with Gasteiger partial charge in [-0.1, -0.05) is 0 Å². The van der Waals surface area contributed by atoms with Crippen molar-refractivity contribution < 1.29 is 9.90 Å². The van der Waals surface area contributed by atoms with E-state index in [4.69, 9.17) is 15.6 Å². The zero-order chi connectivity index (χ0) is 8.69. The van der Waals surface area contributed by atoms with Crippen LogP contribution in [-0.2, 0) is 0 Å². The van der Waals surface area contributed by atoms with Crippen molar-refractivity contribution >= 4 is 12.0 Å². The molecule has 0 aromatic carbocycles. The van der Waals surface area contributed by atoms with Crippen molar-refractivity contribution in [1.82, 2.24) is 9.97 Å². The van der Waals surface area contributed by atoms with E-state index in [1.165, 1.54) is 0 Å². The lowest BCUT2D eigenvalue weighted by Crippen LogP contribution is -2.03. The number of carboxylic acid groups (broad SMARTS) is 1. The molecule has 1 rings (SSSR count). The highest BCUT2D eigenvalue weighted by Gasteiger charge is 1.75. The number of rotatable bonds is 0. The fraction of sp³-hybridized carbons (Fsp3) is 0. The van der Waals surface area contributed by atoms with E-state index in [1.54, 1.807) is 18.5 Å². The molecule has 0 fully saturated rings. The van der Waals surface area contributed by atoms with E-state index < -0.39 is 6.09 Å². The number of hydrogen-bond acceptors (Lipinski definition) is 4. The molecular weight excluding hydrogens is 148 g/mol. The fourth-order valence-corrected chi connectivity index (χ4v) is 0.311. The number of anilines is 1. The first-order valence-electron chi connectivity index (χ1n) is 2.64. The number of amides is 1. The monoisotopic (exact) mass is 156 g/mol. The normalized spacial score (nSPS) is 7.64. The molecular formula is C5H8N4O2. The van der Waals surface area contributed by atoms with E-state index in [0.717, 1.165) is 0 Å². The first-order chi connectivity index (χ1) is 5.13. The van der Waals surface area contributed by atoms with Crippen LogP contribution in [0.3, 0.4) is 0 Å². The van der Waals surface area contributed by atoms with Gasteiger partial charge in [0, 0.05) is 12.4 Å². The zero-order valence-electron chi connectivity index (χ0n) is 5.64. The summed E-state index contributed by atoms with van der Waals surface area (Å²) >= 11 is 0. The molecule has 0 saturated carbocycles. The molecule has 1 aromatic heterocycles. The summed E-state index contributed by atoms with van der Waals surface area (Å²) in [6.45, 7) is 0.